The Labute approximate surface area is 183 Å². The van der Waals surface area contributed by atoms with Gasteiger partial charge in [0.2, 0.25) is 0 Å². The van der Waals surface area contributed by atoms with E-state index in [1.54, 1.807) is 24.4 Å². The van der Waals surface area contributed by atoms with Crippen LogP contribution in [0.3, 0.4) is 0 Å². The van der Waals surface area contributed by atoms with E-state index in [9.17, 15) is 4.39 Å². The molecule has 0 spiro atoms. The van der Waals surface area contributed by atoms with Crippen molar-refractivity contribution in [3.8, 4) is 0 Å². The van der Waals surface area contributed by atoms with Gasteiger partial charge in [-0.1, -0.05) is 93.4 Å². The van der Waals surface area contributed by atoms with E-state index in [0.717, 1.165) is 28.2 Å². The lowest BCUT2D eigenvalue weighted by Crippen LogP contribution is -2.05. The van der Waals surface area contributed by atoms with Gasteiger partial charge < -0.3 is 0 Å². The van der Waals surface area contributed by atoms with E-state index in [2.05, 4.69) is 17.4 Å². The molecule has 5 heteroatoms. The van der Waals surface area contributed by atoms with E-state index in [-0.39, 0.29) is 0 Å². The Balaban J connectivity index is 3.36. The van der Waals surface area contributed by atoms with Crippen LogP contribution in [0.15, 0.2) is 112 Å². The molecule has 1 aliphatic heterocycles. The molecule has 0 aromatic rings. The Morgan fingerprint density at radius 3 is 2.66 bits per heavy atom. The van der Waals surface area contributed by atoms with Crippen LogP contribution < -0.4 is 0 Å². The summed E-state index contributed by atoms with van der Waals surface area (Å²) in [4.78, 5) is 0. The molecule has 0 N–H and O–H groups in total. The Kier molecular flexibility index (Phi) is 14.3. The Morgan fingerprint density at radius 2 is 1.93 bits per heavy atom. The van der Waals surface area contributed by atoms with Crippen LogP contribution >= 0.6 is 27.9 Å². The molecule has 0 aromatic heterocycles. The van der Waals surface area contributed by atoms with Crippen LogP contribution in [0, 0.1) is 0 Å². The summed E-state index contributed by atoms with van der Waals surface area (Å²) in [6, 6.07) is 0. The predicted octanol–water partition coefficient (Wildman–Crippen LogP) is 8.42. The van der Waals surface area contributed by atoms with Gasteiger partial charge >= 0.3 is 0 Å². The van der Waals surface area contributed by atoms with Crippen molar-refractivity contribution in [2.75, 3.05) is 6.16 Å². The van der Waals surface area contributed by atoms with E-state index in [4.69, 9.17) is 0 Å². The minimum atomic E-state index is -1.06. The molecule has 1 heterocycles. The van der Waals surface area contributed by atoms with Crippen molar-refractivity contribution in [2.45, 2.75) is 26.9 Å². The Hall–Kier alpha value is -1.53. The highest BCUT2D eigenvalue weighted by atomic mass is 32.7. The van der Waals surface area contributed by atoms with Gasteiger partial charge in [-0.05, 0) is 60.5 Å². The van der Waals surface area contributed by atoms with Crippen molar-refractivity contribution in [1.82, 2.24) is 0 Å². The second-order valence-electron chi connectivity index (χ2n) is 5.98. The molecule has 0 saturated heterocycles. The van der Waals surface area contributed by atoms with E-state index >= 15 is 0 Å². The molecule has 154 valence electrons. The van der Waals surface area contributed by atoms with Crippen LogP contribution in [0.1, 0.15) is 20.8 Å². The summed E-state index contributed by atoms with van der Waals surface area (Å²) in [5, 5.41) is 3.10. The molecule has 1 nitrogen and oxygen atoms in total. The zero-order valence-corrected chi connectivity index (χ0v) is 20.1. The van der Waals surface area contributed by atoms with Crippen LogP contribution in [0.5, 0.6) is 0 Å². The van der Waals surface area contributed by atoms with Crippen LogP contribution in [0.2, 0.25) is 0 Å². The molecule has 29 heavy (non-hydrogen) atoms. The van der Waals surface area contributed by atoms with Gasteiger partial charge in [0, 0.05) is 6.21 Å². The lowest BCUT2D eigenvalue weighted by atomic mass is 9.95. The number of allylic oxidation sites excluding steroid dienone is 16. The second-order valence-corrected chi connectivity index (χ2v) is 9.70. The lowest BCUT2D eigenvalue weighted by molar-refractivity contribution is 0.414. The number of rotatable bonds is 3. The zero-order valence-electron chi connectivity index (χ0n) is 17.3. The van der Waals surface area contributed by atoms with Gasteiger partial charge in [-0.25, -0.2) is 4.39 Å². The first kappa shape index (κ1) is 25.5. The van der Waals surface area contributed by atoms with E-state index in [1.807, 2.05) is 86.2 Å². The molecular formula is C24H30FNP2S. The average Bonchev–Trinajstić information content (AvgIpc) is 2.69. The molecular weight excluding hydrogens is 415 g/mol. The summed E-state index contributed by atoms with van der Waals surface area (Å²) >= 11 is 1.66. The number of nitrogens with zero attached hydrogens (tertiary/aromatic N) is 1. The number of hydrogen-bond acceptors (Lipinski definition) is 2. The molecule has 0 radical (unpaired) electrons. The van der Waals surface area contributed by atoms with Gasteiger partial charge in [0.1, 0.15) is 6.17 Å². The fourth-order valence-corrected chi connectivity index (χ4v) is 4.89. The highest BCUT2D eigenvalue weighted by molar-refractivity contribution is 8.50. The molecule has 3 unspecified atom stereocenters. The van der Waals surface area contributed by atoms with E-state index in [1.165, 1.54) is 0 Å². The first-order valence-electron chi connectivity index (χ1n) is 9.45. The van der Waals surface area contributed by atoms with Crippen molar-refractivity contribution in [2.24, 2.45) is 4.76 Å². The summed E-state index contributed by atoms with van der Waals surface area (Å²) in [6.07, 6.45) is 25.3. The van der Waals surface area contributed by atoms with Gasteiger partial charge in [0.25, 0.3) is 0 Å². The lowest BCUT2D eigenvalue weighted by Gasteiger charge is -2.17. The highest BCUT2D eigenvalue weighted by Gasteiger charge is 2.16. The molecule has 0 aliphatic carbocycles. The van der Waals surface area contributed by atoms with Crippen LogP contribution in [-0.4, -0.2) is 18.5 Å². The quantitative estimate of drug-likeness (QED) is 0.397. The second kappa shape index (κ2) is 16.3. The molecule has 0 aromatic carbocycles. The third-order valence-electron chi connectivity index (χ3n) is 3.82. The fraction of sp³-hybridized carbons (Fsp3) is 0.208. The van der Waals surface area contributed by atoms with Gasteiger partial charge in [-0.3, -0.25) is 4.76 Å². The minimum absolute atomic E-state index is 0.453. The van der Waals surface area contributed by atoms with Crippen LogP contribution in [0.25, 0.3) is 0 Å². The smallest absolute Gasteiger partial charge is 0.123 e. The SMILES string of the molecule is C=CC1=C(\C=C/C)/C=C\C=C/C=C/SP/N=C/C=C\C=C\CP/C(C)=C\1C(C)F. The third-order valence-corrected chi connectivity index (χ3v) is 6.75. The standard InChI is InChI=1S/C24H30FNP2S/c1-5-15-22-16-11-7-10-14-19-29-28-26-17-12-8-9-13-18-27-21(4)24(20(3)25)23(22)6-2/h5-17,19-20,27-28H,2,18H2,1,3-4H3/b10-7-,12-8-,13-9+,15-5-,16-11-,19-14+,23-22-,24-21-,26-17+. The van der Waals surface area contributed by atoms with E-state index < -0.39 is 6.17 Å². The molecule has 0 saturated carbocycles. The van der Waals surface area contributed by atoms with Crippen molar-refractivity contribution < 1.29 is 4.39 Å². The van der Waals surface area contributed by atoms with E-state index in [0.29, 0.717) is 16.5 Å². The number of hydrogen-bond donors (Lipinski definition) is 0. The molecule has 0 bridgehead atoms. The number of alkyl halides is 1. The van der Waals surface area contributed by atoms with Gasteiger partial charge in [-0.2, -0.15) is 0 Å². The van der Waals surface area contributed by atoms with Crippen molar-refractivity contribution >= 4 is 34.1 Å². The van der Waals surface area contributed by atoms with Crippen molar-refractivity contribution in [3.05, 3.63) is 107 Å². The van der Waals surface area contributed by atoms with Gasteiger partial charge in [-0.15, -0.1) is 0 Å². The summed E-state index contributed by atoms with van der Waals surface area (Å²) in [5.74, 6) is 0. The highest BCUT2D eigenvalue weighted by Crippen LogP contribution is 2.35. The fourth-order valence-electron chi connectivity index (χ4n) is 2.59. The van der Waals surface area contributed by atoms with Gasteiger partial charge in [0.05, 0.1) is 7.93 Å². The largest absolute Gasteiger partial charge is 0.261 e. The monoisotopic (exact) mass is 445 g/mol. The minimum Gasteiger partial charge on any atom is -0.261 e. The average molecular weight is 446 g/mol. The van der Waals surface area contributed by atoms with Gasteiger partial charge in [0.15, 0.2) is 0 Å². The maximum atomic E-state index is 14.6. The normalized spacial score (nSPS) is 31.9. The predicted molar refractivity (Wildman–Crippen MR) is 139 cm³/mol. The Bertz CT molecular complexity index is 794. The van der Waals surface area contributed by atoms with Crippen molar-refractivity contribution in [3.63, 3.8) is 0 Å². The summed E-state index contributed by atoms with van der Waals surface area (Å²) in [6.45, 7) is 9.55. The summed E-state index contributed by atoms with van der Waals surface area (Å²) in [5.41, 5.74) is 2.55. The topological polar surface area (TPSA) is 12.4 Å². The van der Waals surface area contributed by atoms with Crippen molar-refractivity contribution in [1.29, 1.82) is 0 Å². The third kappa shape index (κ3) is 10.7. The first-order chi connectivity index (χ1) is 14.1. The summed E-state index contributed by atoms with van der Waals surface area (Å²) in [7, 11) is 0.977. The molecule has 0 fully saturated rings. The summed E-state index contributed by atoms with van der Waals surface area (Å²) < 4.78 is 18.9. The first-order valence-corrected chi connectivity index (χ1v) is 13.2. The zero-order chi connectivity index (χ0) is 21.3. The molecule has 1 rings (SSSR count). The Morgan fingerprint density at radius 1 is 1.17 bits per heavy atom. The molecule has 0 amide bonds. The maximum Gasteiger partial charge on any atom is 0.123 e. The van der Waals surface area contributed by atoms with Crippen LogP contribution in [-0.2, 0) is 0 Å². The number of halogens is 1. The molecule has 1 aliphatic rings. The maximum absolute atomic E-state index is 14.6. The van der Waals surface area contributed by atoms with Crippen LogP contribution in [0.4, 0.5) is 4.39 Å². The molecule has 3 atom stereocenters.